The van der Waals surface area contributed by atoms with Crippen molar-refractivity contribution in [3.63, 3.8) is 0 Å². The number of nitro benzene ring substituents is 1. The molecule has 0 unspecified atom stereocenters. The molecule has 0 saturated carbocycles. The van der Waals surface area contributed by atoms with Crippen LogP contribution in [-0.4, -0.2) is 21.3 Å². The Bertz CT molecular complexity index is 938. The molecule has 3 N–H and O–H groups in total. The molecule has 0 amide bonds. The molecule has 0 spiro atoms. The van der Waals surface area contributed by atoms with Crippen LogP contribution in [0.5, 0.6) is 11.5 Å². The quantitative estimate of drug-likeness (QED) is 0.215. The first-order valence-electron chi connectivity index (χ1n) is 9.30. The molecule has 8 nitrogen and oxygen atoms in total. The van der Waals surface area contributed by atoms with Crippen LogP contribution in [0.3, 0.4) is 0 Å². The summed E-state index contributed by atoms with van der Waals surface area (Å²) in [7, 11) is -2.87. The minimum Gasteiger partial charge on any atom is -0.456 e. The number of hydrogen-bond acceptors (Lipinski definition) is 5. The molecule has 0 aromatic heterocycles. The van der Waals surface area contributed by atoms with Gasteiger partial charge in [0.2, 0.25) is 0 Å². The Kier molecular flexibility index (Phi) is 10.8. The van der Waals surface area contributed by atoms with Crippen LogP contribution in [0.1, 0.15) is 32.3 Å². The van der Waals surface area contributed by atoms with E-state index < -0.39 is 24.9 Å². The van der Waals surface area contributed by atoms with E-state index in [0.717, 1.165) is 31.0 Å². The van der Waals surface area contributed by atoms with Gasteiger partial charge in [-0.05, 0) is 30.2 Å². The Hall–Kier alpha value is -2.46. The van der Waals surface area contributed by atoms with Gasteiger partial charge in [-0.1, -0.05) is 38.3 Å². The van der Waals surface area contributed by atoms with Gasteiger partial charge in [0.05, 0.1) is 15.5 Å². The van der Waals surface area contributed by atoms with Gasteiger partial charge >= 0.3 is 14.4 Å². The molecule has 13 heteroatoms. The van der Waals surface area contributed by atoms with Gasteiger partial charge in [-0.2, -0.15) is 13.2 Å². The fourth-order valence-electron chi connectivity index (χ4n) is 2.60. The fraction of sp³-hybridized carbons (Fsp3) is 0.368. The molecular weight excluding hydrogens is 476 g/mol. The summed E-state index contributed by atoms with van der Waals surface area (Å²) in [5.74, 6) is 0.599. The van der Waals surface area contributed by atoms with Crippen molar-refractivity contribution in [2.24, 2.45) is 5.92 Å². The summed E-state index contributed by atoms with van der Waals surface area (Å²) in [6.45, 7) is 4.63. The zero-order valence-electron chi connectivity index (χ0n) is 17.1. The van der Waals surface area contributed by atoms with E-state index in [1.165, 1.54) is 18.2 Å². The van der Waals surface area contributed by atoms with Gasteiger partial charge in [-0.15, -0.1) is 9.79 Å². The van der Waals surface area contributed by atoms with Crippen molar-refractivity contribution in [3.8, 4) is 11.5 Å². The Labute approximate surface area is 188 Å². The number of benzene rings is 2. The largest absolute Gasteiger partial charge is 0.692 e. The Morgan fingerprint density at radius 2 is 1.78 bits per heavy atom. The molecule has 0 aliphatic rings. The normalized spacial score (nSPS) is 10.9. The molecule has 32 heavy (non-hydrogen) atoms. The number of hydrogen-bond donors (Lipinski definition) is 3. The molecule has 0 fully saturated rings. The van der Waals surface area contributed by atoms with Crippen LogP contribution in [0.15, 0.2) is 36.4 Å². The van der Waals surface area contributed by atoms with Gasteiger partial charge in [0.25, 0.3) is 5.69 Å². The van der Waals surface area contributed by atoms with Crippen molar-refractivity contribution in [2.75, 3.05) is 11.9 Å². The van der Waals surface area contributed by atoms with Crippen molar-refractivity contribution >= 4 is 31.2 Å². The molecule has 2 aromatic rings. The van der Waals surface area contributed by atoms with Gasteiger partial charge in [-0.3, -0.25) is 10.1 Å². The second-order valence-corrected chi connectivity index (χ2v) is 7.41. The number of alkyl halides is 3. The Morgan fingerprint density at radius 1 is 1.19 bits per heavy atom. The number of ether oxygens (including phenoxy) is 1. The zero-order valence-corrected chi connectivity index (χ0v) is 18.7. The first kappa shape index (κ1) is 27.6. The van der Waals surface area contributed by atoms with Crippen LogP contribution in [0.2, 0.25) is 5.02 Å². The molecular formula is C19H22ClF3N2O6P+. The van der Waals surface area contributed by atoms with Crippen molar-refractivity contribution in [1.82, 2.24) is 0 Å². The van der Waals surface area contributed by atoms with Crippen LogP contribution in [0, 0.1) is 16.0 Å². The summed E-state index contributed by atoms with van der Waals surface area (Å²) in [4.78, 5) is 25.0. The lowest BCUT2D eigenvalue weighted by Crippen LogP contribution is -2.13. The van der Waals surface area contributed by atoms with Crippen LogP contribution >= 0.6 is 19.9 Å². The highest BCUT2D eigenvalue weighted by Crippen LogP contribution is 2.38. The summed E-state index contributed by atoms with van der Waals surface area (Å²) in [5, 5.41) is 14.1. The van der Waals surface area contributed by atoms with Gasteiger partial charge in [-0.25, -0.2) is 0 Å². The topological polar surface area (TPSA) is 122 Å². The lowest BCUT2D eigenvalue weighted by Gasteiger charge is -2.15. The molecule has 0 heterocycles. The first-order valence-corrected chi connectivity index (χ1v) is 10.8. The van der Waals surface area contributed by atoms with Gasteiger partial charge in [0, 0.05) is 23.2 Å². The number of nitro groups is 1. The highest BCUT2D eigenvalue weighted by Gasteiger charge is 2.31. The van der Waals surface area contributed by atoms with Crippen LogP contribution < -0.4 is 10.1 Å². The Balaban J connectivity index is 0.00000118. The molecule has 0 bridgehead atoms. The van der Waals surface area contributed by atoms with Crippen molar-refractivity contribution < 1.29 is 37.2 Å². The van der Waals surface area contributed by atoms with E-state index in [-0.39, 0.29) is 27.9 Å². The van der Waals surface area contributed by atoms with E-state index in [4.69, 9.17) is 30.7 Å². The third-order valence-corrected chi connectivity index (χ3v) is 4.68. The SMILES string of the molecule is CCC(CC)CNc1cc(Oc2ccc(C(F)(F)F)cc2Cl)ccc1[N+](=O)[O-].O=[P+](O)O. The number of nitrogens with one attached hydrogen (secondary N) is 1. The van der Waals surface area contributed by atoms with E-state index >= 15 is 0 Å². The van der Waals surface area contributed by atoms with E-state index in [2.05, 4.69) is 5.32 Å². The summed E-state index contributed by atoms with van der Waals surface area (Å²) >= 11 is 5.90. The number of rotatable bonds is 8. The van der Waals surface area contributed by atoms with Crippen molar-refractivity contribution in [2.45, 2.75) is 32.9 Å². The maximum atomic E-state index is 12.7. The fourth-order valence-corrected chi connectivity index (χ4v) is 2.82. The monoisotopic (exact) mass is 497 g/mol. The molecule has 0 aliphatic heterocycles. The summed E-state index contributed by atoms with van der Waals surface area (Å²) < 4.78 is 52.5. The number of anilines is 1. The van der Waals surface area contributed by atoms with Crippen LogP contribution in [0.25, 0.3) is 0 Å². The molecule has 2 aromatic carbocycles. The minimum absolute atomic E-state index is 0.0227. The molecule has 0 saturated heterocycles. The third kappa shape index (κ3) is 8.96. The highest BCUT2D eigenvalue weighted by atomic mass is 35.5. The summed E-state index contributed by atoms with van der Waals surface area (Å²) in [6.07, 6.45) is -2.66. The standard InChI is InChI=1S/C19H20ClF3N2O3.HO3P/c1-3-12(4-2)11-24-16-10-14(6-7-17(16)25(26)27)28-18-8-5-13(9-15(18)20)19(21,22)23;1-4(2)3/h5-10,12,24H,3-4,11H2,1-2H3;(H-,1,2,3)/p+1. The predicted molar refractivity (Wildman–Crippen MR) is 114 cm³/mol. The smallest absolute Gasteiger partial charge is 0.456 e. The average Bonchev–Trinajstić information content (AvgIpc) is 2.69. The second kappa shape index (κ2) is 12.5. The second-order valence-electron chi connectivity index (χ2n) is 6.50. The lowest BCUT2D eigenvalue weighted by atomic mass is 10.0. The molecule has 176 valence electrons. The zero-order chi connectivity index (χ0) is 24.5. The minimum atomic E-state index is -4.51. The molecule has 0 radical (unpaired) electrons. The lowest BCUT2D eigenvalue weighted by molar-refractivity contribution is -0.384. The van der Waals surface area contributed by atoms with E-state index in [1.807, 2.05) is 13.8 Å². The molecule has 2 rings (SSSR count). The van der Waals surface area contributed by atoms with Crippen molar-refractivity contribution in [1.29, 1.82) is 0 Å². The summed E-state index contributed by atoms with van der Waals surface area (Å²) in [6, 6.07) is 6.84. The third-order valence-electron chi connectivity index (χ3n) is 4.39. The summed E-state index contributed by atoms with van der Waals surface area (Å²) in [5.41, 5.74) is -0.727. The van der Waals surface area contributed by atoms with Crippen molar-refractivity contribution in [3.05, 3.63) is 57.1 Å². The number of halogens is 4. The van der Waals surface area contributed by atoms with Crippen LogP contribution in [-0.2, 0) is 10.7 Å². The van der Waals surface area contributed by atoms with E-state index in [0.29, 0.717) is 12.5 Å². The van der Waals surface area contributed by atoms with E-state index in [1.54, 1.807) is 0 Å². The van der Waals surface area contributed by atoms with Gasteiger partial charge in [0.1, 0.15) is 17.2 Å². The number of nitrogens with zero attached hydrogens (tertiary/aromatic N) is 1. The molecule has 0 aliphatic carbocycles. The predicted octanol–water partition coefficient (Wildman–Crippen LogP) is 6.54. The first-order chi connectivity index (χ1) is 14.9. The highest BCUT2D eigenvalue weighted by molar-refractivity contribution is 7.30. The maximum Gasteiger partial charge on any atom is 0.692 e. The average molecular weight is 498 g/mol. The van der Waals surface area contributed by atoms with Crippen LogP contribution in [0.4, 0.5) is 24.5 Å². The Morgan fingerprint density at radius 3 is 2.25 bits per heavy atom. The van der Waals surface area contributed by atoms with E-state index in [9.17, 15) is 23.3 Å². The molecule has 0 atom stereocenters. The van der Waals surface area contributed by atoms with Gasteiger partial charge < -0.3 is 10.1 Å². The maximum absolute atomic E-state index is 12.7. The van der Waals surface area contributed by atoms with Gasteiger partial charge in [0.15, 0.2) is 0 Å².